The average molecular weight is 399 g/mol. The van der Waals surface area contributed by atoms with Gasteiger partial charge in [-0.15, -0.1) is 0 Å². The molecule has 9 heteroatoms. The van der Waals surface area contributed by atoms with Gasteiger partial charge in [0, 0.05) is 27.3 Å². The van der Waals surface area contributed by atoms with Gasteiger partial charge in [-0.1, -0.05) is 29.8 Å². The molecule has 0 atom stereocenters. The minimum Gasteiger partial charge on any atom is -0.594 e. The van der Waals surface area contributed by atoms with Gasteiger partial charge in [0.2, 0.25) is 5.65 Å². The molecule has 0 amide bonds. The quantitative estimate of drug-likeness (QED) is 0.291. The van der Waals surface area contributed by atoms with E-state index >= 15 is 0 Å². The zero-order valence-corrected chi connectivity index (χ0v) is 15.6. The van der Waals surface area contributed by atoms with Gasteiger partial charge in [-0.25, -0.2) is 4.52 Å². The van der Waals surface area contributed by atoms with Gasteiger partial charge in [-0.2, -0.15) is 5.10 Å². The van der Waals surface area contributed by atoms with Crippen molar-refractivity contribution in [2.24, 2.45) is 0 Å². The topological polar surface area (TPSA) is 92.7 Å². The number of rotatable bonds is 5. The maximum absolute atomic E-state index is 12.3. The molecule has 0 radical (unpaired) electrons. The molecular formula is C19H15ClN4O4. The van der Waals surface area contributed by atoms with Gasteiger partial charge in [0.15, 0.2) is 0 Å². The molecule has 0 saturated heterocycles. The first-order valence-corrected chi connectivity index (χ1v) is 8.78. The Hall–Kier alpha value is -3.39. The highest BCUT2D eigenvalue weighted by atomic mass is 35.5. The molecule has 2 aromatic heterocycles. The molecule has 0 spiro atoms. The van der Waals surface area contributed by atoms with Crippen LogP contribution in [0.5, 0.6) is 5.75 Å². The second-order valence-corrected chi connectivity index (χ2v) is 6.50. The van der Waals surface area contributed by atoms with Gasteiger partial charge in [0.1, 0.15) is 17.9 Å². The summed E-state index contributed by atoms with van der Waals surface area (Å²) in [5.74, 6) is 0.176. The van der Waals surface area contributed by atoms with Crippen molar-refractivity contribution < 1.29 is 19.1 Å². The Balaban J connectivity index is 1.58. The molecule has 0 bridgehead atoms. The predicted octanol–water partition coefficient (Wildman–Crippen LogP) is 2.46. The number of benzene rings is 2. The van der Waals surface area contributed by atoms with Crippen LogP contribution in [0.2, 0.25) is 5.02 Å². The van der Waals surface area contributed by atoms with Crippen LogP contribution < -0.4 is 9.58 Å². The van der Waals surface area contributed by atoms with Crippen molar-refractivity contribution in [2.45, 2.75) is 13.0 Å². The summed E-state index contributed by atoms with van der Waals surface area (Å²) < 4.78 is 12.1. The number of halogens is 1. The number of hydrogen-bond acceptors (Lipinski definition) is 6. The number of carbonyl (C=O) groups is 1. The predicted molar refractivity (Wildman–Crippen MR) is 101 cm³/mol. The molecule has 28 heavy (non-hydrogen) atoms. The van der Waals surface area contributed by atoms with Crippen molar-refractivity contribution in [3.05, 3.63) is 70.0 Å². The van der Waals surface area contributed by atoms with E-state index in [2.05, 4.69) is 10.2 Å². The van der Waals surface area contributed by atoms with Crippen LogP contribution in [0.25, 0.3) is 16.7 Å². The van der Waals surface area contributed by atoms with Crippen molar-refractivity contribution in [3.63, 3.8) is 0 Å². The average Bonchev–Trinajstić information content (AvgIpc) is 3.09. The van der Waals surface area contributed by atoms with E-state index in [9.17, 15) is 10.0 Å². The third-order valence-corrected chi connectivity index (χ3v) is 4.53. The van der Waals surface area contributed by atoms with E-state index in [1.54, 1.807) is 31.4 Å². The molecular weight excluding hydrogens is 384 g/mol. The van der Waals surface area contributed by atoms with Crippen LogP contribution in [0.4, 0.5) is 0 Å². The molecule has 0 aliphatic heterocycles. The van der Waals surface area contributed by atoms with Gasteiger partial charge >= 0.3 is 5.97 Å². The lowest BCUT2D eigenvalue weighted by molar-refractivity contribution is -0.640. The molecule has 4 aromatic rings. The fourth-order valence-electron chi connectivity index (χ4n) is 2.94. The summed E-state index contributed by atoms with van der Waals surface area (Å²) in [7, 11) is 1.56. The normalized spacial score (nSPS) is 11.1. The number of para-hydroxylation sites is 1. The third-order valence-electron chi connectivity index (χ3n) is 4.29. The monoisotopic (exact) mass is 398 g/mol. The third kappa shape index (κ3) is 3.29. The number of nitrogens with zero attached hydrogens (tertiary/aromatic N) is 4. The van der Waals surface area contributed by atoms with Crippen LogP contribution in [0.1, 0.15) is 11.1 Å². The molecule has 2 heterocycles. The number of carbonyl (C=O) groups excluding carboxylic acids is 1. The summed E-state index contributed by atoms with van der Waals surface area (Å²) in [6.07, 6.45) is 1.42. The Morgan fingerprint density at radius 2 is 2.07 bits per heavy atom. The van der Waals surface area contributed by atoms with E-state index in [1.165, 1.54) is 10.7 Å². The summed E-state index contributed by atoms with van der Waals surface area (Å²) in [6, 6.07) is 12.1. The highest BCUT2D eigenvalue weighted by molar-refractivity contribution is 6.31. The van der Waals surface area contributed by atoms with E-state index in [4.69, 9.17) is 21.1 Å². The lowest BCUT2D eigenvalue weighted by atomic mass is 10.2. The second-order valence-electron chi connectivity index (χ2n) is 6.06. The van der Waals surface area contributed by atoms with Gasteiger partial charge < -0.3 is 14.7 Å². The van der Waals surface area contributed by atoms with Gasteiger partial charge in [-0.3, -0.25) is 4.79 Å². The SMILES string of the molecule is COc1ccccc1COC(=O)Cc1cnn2c1n[n+]([O-])c1ccc(Cl)cc12. The van der Waals surface area contributed by atoms with E-state index in [1.807, 2.05) is 18.2 Å². The molecule has 4 rings (SSSR count). The Morgan fingerprint density at radius 3 is 2.89 bits per heavy atom. The first-order chi connectivity index (χ1) is 13.6. The first-order valence-electron chi connectivity index (χ1n) is 8.40. The Kier molecular flexibility index (Phi) is 4.70. The zero-order valence-electron chi connectivity index (χ0n) is 14.8. The lowest BCUT2D eigenvalue weighted by Crippen LogP contribution is -2.33. The lowest BCUT2D eigenvalue weighted by Gasteiger charge is -2.08. The molecule has 0 N–H and O–H groups in total. The summed E-state index contributed by atoms with van der Waals surface area (Å²) >= 11 is 6.03. The van der Waals surface area contributed by atoms with Gasteiger partial charge in [-0.05, 0) is 23.0 Å². The minimum atomic E-state index is -0.466. The fourth-order valence-corrected chi connectivity index (χ4v) is 3.10. The maximum Gasteiger partial charge on any atom is 0.310 e. The van der Waals surface area contributed by atoms with Gasteiger partial charge in [0.05, 0.1) is 19.7 Å². The van der Waals surface area contributed by atoms with Gasteiger partial charge in [0.25, 0.3) is 5.52 Å². The maximum atomic E-state index is 12.3. The second kappa shape index (κ2) is 7.32. The largest absolute Gasteiger partial charge is 0.594 e. The summed E-state index contributed by atoms with van der Waals surface area (Å²) in [6.45, 7) is 0.0790. The standard InChI is InChI=1S/C19H15ClN4O4/c1-27-17-5-3-2-4-12(17)11-28-18(25)8-13-10-21-23-16-9-14(20)6-7-15(16)24(26)22-19(13)23/h2-7,9-10H,8,11H2,1H3. The van der Waals surface area contributed by atoms with Crippen LogP contribution in [-0.4, -0.2) is 27.8 Å². The molecule has 0 unspecified atom stereocenters. The highest BCUT2D eigenvalue weighted by Crippen LogP contribution is 2.20. The number of hydrogen-bond donors (Lipinski definition) is 0. The minimum absolute atomic E-state index is 0.0717. The van der Waals surface area contributed by atoms with Crippen LogP contribution in [-0.2, 0) is 22.6 Å². The van der Waals surface area contributed by atoms with E-state index < -0.39 is 5.97 Å². The fraction of sp³-hybridized carbons (Fsp3) is 0.158. The van der Waals surface area contributed by atoms with Crippen molar-refractivity contribution in [1.82, 2.24) is 14.7 Å². The zero-order chi connectivity index (χ0) is 19.7. The summed E-state index contributed by atoms with van der Waals surface area (Å²) in [5.41, 5.74) is 2.34. The summed E-state index contributed by atoms with van der Waals surface area (Å²) in [4.78, 5) is 12.8. The summed E-state index contributed by atoms with van der Waals surface area (Å²) in [5, 5.41) is 20.9. The van der Waals surface area contributed by atoms with Crippen LogP contribution in [0.3, 0.4) is 0 Å². The number of esters is 1. The Morgan fingerprint density at radius 1 is 1.25 bits per heavy atom. The number of aromatic nitrogens is 4. The van der Waals surface area contributed by atoms with Crippen LogP contribution in [0, 0.1) is 5.21 Å². The molecule has 0 aliphatic carbocycles. The molecule has 142 valence electrons. The molecule has 0 aliphatic rings. The van der Waals surface area contributed by atoms with E-state index in [0.717, 1.165) is 5.56 Å². The molecule has 0 saturated carbocycles. The van der Waals surface area contributed by atoms with Crippen molar-refractivity contribution in [3.8, 4) is 5.75 Å². The number of ether oxygens (including phenoxy) is 2. The number of methoxy groups -OCH3 is 1. The Labute approximate surface area is 164 Å². The van der Waals surface area contributed by atoms with E-state index in [-0.39, 0.29) is 18.7 Å². The van der Waals surface area contributed by atoms with E-state index in [0.29, 0.717) is 32.2 Å². The molecule has 0 fully saturated rings. The highest BCUT2D eigenvalue weighted by Gasteiger charge is 2.19. The van der Waals surface area contributed by atoms with Crippen LogP contribution >= 0.6 is 11.6 Å². The van der Waals surface area contributed by atoms with Crippen molar-refractivity contribution >= 4 is 34.3 Å². The van der Waals surface area contributed by atoms with Crippen molar-refractivity contribution in [2.75, 3.05) is 7.11 Å². The first kappa shape index (κ1) is 18.0. The molecule has 8 nitrogen and oxygen atoms in total. The van der Waals surface area contributed by atoms with Crippen molar-refractivity contribution in [1.29, 1.82) is 0 Å². The smallest absolute Gasteiger partial charge is 0.310 e. The Bertz CT molecular complexity index is 1190. The van der Waals surface area contributed by atoms with Crippen LogP contribution in [0.15, 0.2) is 48.7 Å². The number of fused-ring (bicyclic) bond motifs is 3. The molecule has 2 aromatic carbocycles.